The second kappa shape index (κ2) is 8.66. The zero-order valence-electron chi connectivity index (χ0n) is 18.6. The van der Waals surface area contributed by atoms with Crippen molar-refractivity contribution in [3.8, 4) is 11.1 Å². The third kappa shape index (κ3) is 3.80. The first-order valence-electron chi connectivity index (χ1n) is 11.9. The Morgan fingerprint density at radius 2 is 2.09 bits per heavy atom. The van der Waals surface area contributed by atoms with Gasteiger partial charge in [-0.15, -0.1) is 11.3 Å². The van der Waals surface area contributed by atoms with Crippen molar-refractivity contribution < 1.29 is 9.53 Å². The fourth-order valence-corrected chi connectivity index (χ4v) is 6.93. The molecule has 33 heavy (non-hydrogen) atoms. The molecule has 6 rings (SSSR count). The number of amides is 1. The molecule has 1 aromatic carbocycles. The number of hydrogen-bond acceptors (Lipinski definition) is 7. The fourth-order valence-electron chi connectivity index (χ4n) is 6.01. The Labute approximate surface area is 197 Å². The molecular weight excluding hydrogens is 434 g/mol. The Bertz CT molecular complexity index is 1150. The van der Waals surface area contributed by atoms with E-state index in [9.17, 15) is 4.79 Å². The van der Waals surface area contributed by atoms with Gasteiger partial charge in [0.15, 0.2) is 0 Å². The molecule has 1 aliphatic carbocycles. The van der Waals surface area contributed by atoms with Crippen molar-refractivity contribution in [3.63, 3.8) is 0 Å². The molecule has 0 spiro atoms. The van der Waals surface area contributed by atoms with Gasteiger partial charge < -0.3 is 15.4 Å². The molecule has 3 aromatic rings. The molecule has 3 fully saturated rings. The molecule has 2 aliphatic heterocycles. The van der Waals surface area contributed by atoms with Gasteiger partial charge in [-0.05, 0) is 37.8 Å². The lowest BCUT2D eigenvalue weighted by atomic mass is 10.0. The van der Waals surface area contributed by atoms with Crippen LogP contribution in [0.4, 0.5) is 5.82 Å². The molecule has 1 saturated carbocycles. The van der Waals surface area contributed by atoms with Crippen LogP contribution in [-0.4, -0.2) is 65.2 Å². The summed E-state index contributed by atoms with van der Waals surface area (Å²) in [6, 6.07) is 10.8. The number of thiophene rings is 1. The molecule has 2 saturated heterocycles. The SMILES string of the molecule is NC(=O)[C@H]1CCCN1CCOC1CC2CC1CN2c1ncnc2scc(-c3ccccc3)c12. The first-order valence-corrected chi connectivity index (χ1v) is 12.8. The monoisotopic (exact) mass is 463 g/mol. The largest absolute Gasteiger partial charge is 0.376 e. The Hall–Kier alpha value is -2.55. The Morgan fingerprint density at radius 1 is 1.21 bits per heavy atom. The Morgan fingerprint density at radius 3 is 2.88 bits per heavy atom. The third-order valence-corrected chi connectivity index (χ3v) is 8.47. The van der Waals surface area contributed by atoms with E-state index in [1.807, 2.05) is 6.07 Å². The van der Waals surface area contributed by atoms with E-state index in [4.69, 9.17) is 15.5 Å². The van der Waals surface area contributed by atoms with Gasteiger partial charge in [0.2, 0.25) is 5.91 Å². The van der Waals surface area contributed by atoms with Gasteiger partial charge in [-0.1, -0.05) is 30.3 Å². The zero-order chi connectivity index (χ0) is 22.4. The molecule has 4 heterocycles. The zero-order valence-corrected chi connectivity index (χ0v) is 19.4. The van der Waals surface area contributed by atoms with Gasteiger partial charge in [-0.25, -0.2) is 9.97 Å². The maximum atomic E-state index is 11.6. The number of anilines is 1. The number of nitrogens with two attached hydrogens (primary N) is 1. The third-order valence-electron chi connectivity index (χ3n) is 7.59. The summed E-state index contributed by atoms with van der Waals surface area (Å²) in [5, 5.41) is 3.38. The van der Waals surface area contributed by atoms with Crippen LogP contribution in [0.3, 0.4) is 0 Å². The van der Waals surface area contributed by atoms with E-state index in [0.717, 1.165) is 56.0 Å². The molecular formula is C25H29N5O2S. The van der Waals surface area contributed by atoms with Gasteiger partial charge in [0.1, 0.15) is 17.0 Å². The summed E-state index contributed by atoms with van der Waals surface area (Å²) in [6.07, 6.45) is 6.08. The van der Waals surface area contributed by atoms with Crippen LogP contribution in [0.15, 0.2) is 42.0 Å². The highest BCUT2D eigenvalue weighted by molar-refractivity contribution is 7.17. The summed E-state index contributed by atoms with van der Waals surface area (Å²) in [5.41, 5.74) is 7.97. The number of likely N-dealkylation sites (tertiary alicyclic amines) is 1. The van der Waals surface area contributed by atoms with Crippen LogP contribution in [0.2, 0.25) is 0 Å². The maximum Gasteiger partial charge on any atom is 0.234 e. The molecule has 3 unspecified atom stereocenters. The van der Waals surface area contributed by atoms with Crippen LogP contribution >= 0.6 is 11.3 Å². The van der Waals surface area contributed by atoms with E-state index in [2.05, 4.69) is 44.4 Å². The van der Waals surface area contributed by atoms with Crippen LogP contribution in [0, 0.1) is 5.92 Å². The van der Waals surface area contributed by atoms with Crippen LogP contribution < -0.4 is 10.6 Å². The second-order valence-electron chi connectivity index (χ2n) is 9.44. The number of ether oxygens (including phenoxy) is 1. The summed E-state index contributed by atoms with van der Waals surface area (Å²) in [6.45, 7) is 3.36. The Balaban J connectivity index is 1.14. The van der Waals surface area contributed by atoms with Gasteiger partial charge in [0, 0.05) is 36.0 Å². The number of primary amides is 1. The number of carbonyl (C=O) groups excluding carboxylic acids is 1. The Kier molecular flexibility index (Phi) is 5.52. The average Bonchev–Trinajstić information content (AvgIpc) is 3.62. The van der Waals surface area contributed by atoms with E-state index in [0.29, 0.717) is 18.6 Å². The van der Waals surface area contributed by atoms with Crippen LogP contribution in [-0.2, 0) is 9.53 Å². The molecule has 2 aromatic heterocycles. The molecule has 3 aliphatic rings. The number of carbonyl (C=O) groups is 1. The number of fused-ring (bicyclic) bond motifs is 3. The van der Waals surface area contributed by atoms with E-state index in [1.54, 1.807) is 17.7 Å². The second-order valence-corrected chi connectivity index (χ2v) is 10.3. The number of benzene rings is 1. The van der Waals surface area contributed by atoms with E-state index in [-0.39, 0.29) is 18.1 Å². The summed E-state index contributed by atoms with van der Waals surface area (Å²) in [7, 11) is 0. The molecule has 2 N–H and O–H groups in total. The number of rotatable bonds is 7. The van der Waals surface area contributed by atoms with Gasteiger partial charge in [-0.2, -0.15) is 0 Å². The number of aromatic nitrogens is 2. The summed E-state index contributed by atoms with van der Waals surface area (Å²) in [5.74, 6) is 1.37. The quantitative estimate of drug-likeness (QED) is 0.579. The molecule has 8 heteroatoms. The summed E-state index contributed by atoms with van der Waals surface area (Å²) in [4.78, 5) is 26.6. The molecule has 2 bridgehead atoms. The smallest absolute Gasteiger partial charge is 0.234 e. The van der Waals surface area contributed by atoms with E-state index in [1.165, 1.54) is 16.5 Å². The van der Waals surface area contributed by atoms with E-state index < -0.39 is 0 Å². The lowest BCUT2D eigenvalue weighted by Crippen LogP contribution is -2.43. The van der Waals surface area contributed by atoms with Crippen molar-refractivity contribution in [1.82, 2.24) is 14.9 Å². The maximum absolute atomic E-state index is 11.6. The van der Waals surface area contributed by atoms with Crippen molar-refractivity contribution in [2.24, 2.45) is 11.7 Å². The minimum Gasteiger partial charge on any atom is -0.376 e. The highest BCUT2D eigenvalue weighted by atomic mass is 32.1. The predicted octanol–water partition coefficient (Wildman–Crippen LogP) is 3.29. The number of piperidine rings is 1. The fraction of sp³-hybridized carbons (Fsp3) is 0.480. The summed E-state index contributed by atoms with van der Waals surface area (Å²) >= 11 is 1.69. The van der Waals surface area contributed by atoms with Crippen LogP contribution in [0.1, 0.15) is 25.7 Å². The molecule has 4 atom stereocenters. The molecule has 1 amide bonds. The van der Waals surface area contributed by atoms with Gasteiger partial charge in [0.05, 0.1) is 24.1 Å². The van der Waals surface area contributed by atoms with Crippen molar-refractivity contribution in [1.29, 1.82) is 0 Å². The highest BCUT2D eigenvalue weighted by Gasteiger charge is 2.46. The molecule has 0 radical (unpaired) electrons. The summed E-state index contributed by atoms with van der Waals surface area (Å²) < 4.78 is 6.33. The lowest BCUT2D eigenvalue weighted by molar-refractivity contribution is -0.122. The van der Waals surface area contributed by atoms with E-state index >= 15 is 0 Å². The van der Waals surface area contributed by atoms with Crippen molar-refractivity contribution >= 4 is 33.3 Å². The van der Waals surface area contributed by atoms with Crippen molar-refractivity contribution in [3.05, 3.63) is 42.0 Å². The first kappa shape index (κ1) is 21.0. The van der Waals surface area contributed by atoms with Gasteiger partial charge in [0.25, 0.3) is 0 Å². The van der Waals surface area contributed by atoms with Crippen LogP contribution in [0.25, 0.3) is 21.3 Å². The normalized spacial score (nSPS) is 27.1. The van der Waals surface area contributed by atoms with Crippen molar-refractivity contribution in [2.75, 3.05) is 31.1 Å². The first-order chi connectivity index (χ1) is 16.2. The highest BCUT2D eigenvalue weighted by Crippen LogP contribution is 2.45. The topological polar surface area (TPSA) is 84.6 Å². The average molecular weight is 464 g/mol. The number of hydrogen-bond donors (Lipinski definition) is 1. The van der Waals surface area contributed by atoms with Crippen LogP contribution in [0.5, 0.6) is 0 Å². The minimum atomic E-state index is -0.206. The van der Waals surface area contributed by atoms with Gasteiger partial charge in [-0.3, -0.25) is 9.69 Å². The molecule has 172 valence electrons. The molecule has 7 nitrogen and oxygen atoms in total. The lowest BCUT2D eigenvalue weighted by Gasteiger charge is -2.33. The standard InChI is InChI=1S/C25H29N5O2S/c26-23(31)20-7-4-8-29(20)9-10-32-21-12-18-11-17(21)13-30(18)24-22-19(16-5-2-1-3-6-16)14-33-25(22)28-15-27-24/h1-3,5-6,14-15,17-18,20-21H,4,7-13H2,(H2,26,31)/t17?,18?,20-,21?/m1/s1. The van der Waals surface area contributed by atoms with Gasteiger partial charge >= 0.3 is 0 Å². The van der Waals surface area contributed by atoms with Crippen molar-refractivity contribution in [2.45, 2.75) is 43.9 Å². The minimum absolute atomic E-state index is 0.117. The predicted molar refractivity (Wildman–Crippen MR) is 130 cm³/mol. The number of nitrogens with zero attached hydrogens (tertiary/aromatic N) is 4.